The zero-order chi connectivity index (χ0) is 19.4. The summed E-state index contributed by atoms with van der Waals surface area (Å²) in [7, 11) is 0. The molecule has 9 heteroatoms. The van der Waals surface area contributed by atoms with E-state index in [-0.39, 0.29) is 23.9 Å². The van der Waals surface area contributed by atoms with Gasteiger partial charge in [-0.15, -0.1) is 10.2 Å². The fraction of sp³-hybridized carbons (Fsp3) is 0.529. The first kappa shape index (κ1) is 20.4. The summed E-state index contributed by atoms with van der Waals surface area (Å²) < 4.78 is 6.00. The zero-order valence-corrected chi connectivity index (χ0v) is 17.5. The number of carbonyl (C=O) groups is 2. The molecule has 0 saturated heterocycles. The highest BCUT2D eigenvalue weighted by molar-refractivity contribution is 8.01. The minimum Gasteiger partial charge on any atom is -0.466 e. The molecule has 2 amide bonds. The Hall–Kier alpha value is -1.87. The van der Waals surface area contributed by atoms with Crippen molar-refractivity contribution in [1.29, 1.82) is 0 Å². The topological polar surface area (TPSA) is 88.3 Å². The second-order valence-electron chi connectivity index (χ2n) is 6.43. The van der Waals surface area contributed by atoms with Crippen molar-refractivity contribution in [3.05, 3.63) is 23.2 Å². The Bertz CT molecular complexity index is 775. The molecular weight excluding hydrogens is 372 g/mol. The molecule has 7 nitrogen and oxygen atoms in total. The molecule has 2 rings (SSSR count). The molecule has 2 aromatic rings. The Balaban J connectivity index is 1.94. The van der Waals surface area contributed by atoms with E-state index in [0.29, 0.717) is 32.3 Å². The number of aromatic nitrogens is 2. The second-order valence-corrected chi connectivity index (χ2v) is 8.63. The summed E-state index contributed by atoms with van der Waals surface area (Å²) in [4.78, 5) is 26.5. The van der Waals surface area contributed by atoms with E-state index in [0.717, 1.165) is 0 Å². The maximum atomic E-state index is 12.4. The van der Waals surface area contributed by atoms with Crippen LogP contribution >= 0.6 is 23.1 Å². The number of hydrogen-bond acceptors (Lipinski definition) is 7. The van der Waals surface area contributed by atoms with Gasteiger partial charge in [0.2, 0.25) is 11.0 Å². The molecule has 0 aliphatic rings. The van der Waals surface area contributed by atoms with Crippen LogP contribution in [0.5, 0.6) is 0 Å². The van der Waals surface area contributed by atoms with Crippen LogP contribution in [0.15, 0.2) is 14.8 Å². The lowest BCUT2D eigenvalue weighted by atomic mass is 10.2. The molecule has 0 atom stereocenters. The molecule has 0 unspecified atom stereocenters. The molecule has 0 bridgehead atoms. The molecule has 0 spiro atoms. The van der Waals surface area contributed by atoms with E-state index >= 15 is 0 Å². The smallest absolute Gasteiger partial charge is 0.261 e. The van der Waals surface area contributed by atoms with E-state index in [2.05, 4.69) is 15.5 Å². The summed E-state index contributed by atoms with van der Waals surface area (Å²) in [6.07, 6.45) is 0. The second kappa shape index (κ2) is 8.68. The first-order valence-corrected chi connectivity index (χ1v) is 10.1. The van der Waals surface area contributed by atoms with Gasteiger partial charge in [0.05, 0.1) is 11.3 Å². The fourth-order valence-corrected chi connectivity index (χ4v) is 4.33. The predicted molar refractivity (Wildman–Crippen MR) is 104 cm³/mol. The van der Waals surface area contributed by atoms with Crippen molar-refractivity contribution < 1.29 is 14.0 Å². The maximum absolute atomic E-state index is 12.4. The van der Waals surface area contributed by atoms with Crippen LogP contribution in [0, 0.1) is 13.8 Å². The molecule has 0 aliphatic carbocycles. The molecular formula is C17H24N4O3S2. The Morgan fingerprint density at radius 2 is 1.88 bits per heavy atom. The standard InChI is InChI=1S/C17H24N4O3S2/c1-9(2)21(10(3)4)14(22)8-25-17-20-19-16(26-17)18-15(23)13-7-11(5)24-12(13)6/h7,9-10H,8H2,1-6H3,(H,18,19,23). The first-order valence-electron chi connectivity index (χ1n) is 8.35. The minimum absolute atomic E-state index is 0.0604. The van der Waals surface area contributed by atoms with Gasteiger partial charge in [0.25, 0.3) is 5.91 Å². The quantitative estimate of drug-likeness (QED) is 0.566. The number of rotatable bonds is 7. The van der Waals surface area contributed by atoms with Crippen LogP contribution in [0.25, 0.3) is 0 Å². The lowest BCUT2D eigenvalue weighted by molar-refractivity contribution is -0.131. The Morgan fingerprint density at radius 3 is 2.42 bits per heavy atom. The Morgan fingerprint density at radius 1 is 1.23 bits per heavy atom. The number of carbonyl (C=O) groups excluding carboxylic acids is 2. The Kier molecular flexibility index (Phi) is 6.82. The molecule has 0 radical (unpaired) electrons. The van der Waals surface area contributed by atoms with Gasteiger partial charge in [0.15, 0.2) is 4.34 Å². The third-order valence-corrected chi connectivity index (χ3v) is 5.59. The van der Waals surface area contributed by atoms with E-state index in [1.165, 1.54) is 23.1 Å². The van der Waals surface area contributed by atoms with Gasteiger partial charge < -0.3 is 9.32 Å². The van der Waals surface area contributed by atoms with Gasteiger partial charge in [0, 0.05) is 12.1 Å². The minimum atomic E-state index is -0.283. The van der Waals surface area contributed by atoms with E-state index in [1.54, 1.807) is 19.9 Å². The number of furan rings is 1. The monoisotopic (exact) mass is 396 g/mol. The van der Waals surface area contributed by atoms with E-state index in [4.69, 9.17) is 4.42 Å². The summed E-state index contributed by atoms with van der Waals surface area (Å²) >= 11 is 2.57. The van der Waals surface area contributed by atoms with Gasteiger partial charge in [-0.2, -0.15) is 0 Å². The highest BCUT2D eigenvalue weighted by atomic mass is 32.2. The average molecular weight is 397 g/mol. The van der Waals surface area contributed by atoms with Gasteiger partial charge in [-0.3, -0.25) is 14.9 Å². The zero-order valence-electron chi connectivity index (χ0n) is 15.8. The van der Waals surface area contributed by atoms with Crippen LogP contribution in [0.1, 0.15) is 49.6 Å². The number of amides is 2. The van der Waals surface area contributed by atoms with Crippen molar-refractivity contribution in [2.24, 2.45) is 0 Å². The SMILES string of the molecule is Cc1cc(C(=O)Nc2nnc(SCC(=O)N(C(C)C)C(C)C)s2)c(C)o1. The number of nitrogens with one attached hydrogen (secondary N) is 1. The molecule has 0 saturated carbocycles. The lowest BCUT2D eigenvalue weighted by Gasteiger charge is -2.30. The predicted octanol–water partition coefficient (Wildman–Crippen LogP) is 3.74. The van der Waals surface area contributed by atoms with Crippen molar-refractivity contribution >= 4 is 40.0 Å². The van der Waals surface area contributed by atoms with Crippen molar-refractivity contribution in [1.82, 2.24) is 15.1 Å². The number of hydrogen-bond donors (Lipinski definition) is 1. The molecule has 0 aliphatic heterocycles. The lowest BCUT2D eigenvalue weighted by Crippen LogP contribution is -2.43. The average Bonchev–Trinajstić information content (AvgIpc) is 3.10. The molecule has 0 aromatic carbocycles. The van der Waals surface area contributed by atoms with Crippen LogP contribution in [0.3, 0.4) is 0 Å². The van der Waals surface area contributed by atoms with Gasteiger partial charge in [-0.05, 0) is 47.6 Å². The molecule has 0 fully saturated rings. The summed E-state index contributed by atoms with van der Waals surface area (Å²) in [6.45, 7) is 11.5. The summed E-state index contributed by atoms with van der Waals surface area (Å²) in [5.41, 5.74) is 0.478. The van der Waals surface area contributed by atoms with Crippen LogP contribution < -0.4 is 5.32 Å². The maximum Gasteiger partial charge on any atom is 0.261 e. The molecule has 2 heterocycles. The molecule has 2 aromatic heterocycles. The molecule has 142 valence electrons. The third-order valence-electron chi connectivity index (χ3n) is 3.63. The van der Waals surface area contributed by atoms with Crippen LogP contribution in [0.4, 0.5) is 5.13 Å². The first-order chi connectivity index (χ1) is 12.2. The Labute approximate surface area is 161 Å². The summed E-state index contributed by atoms with van der Waals surface area (Å²) in [6, 6.07) is 1.98. The van der Waals surface area contributed by atoms with Crippen molar-refractivity contribution in [3.63, 3.8) is 0 Å². The number of anilines is 1. The summed E-state index contributed by atoms with van der Waals surface area (Å²) in [5.74, 6) is 1.31. The number of aryl methyl sites for hydroxylation is 2. The van der Waals surface area contributed by atoms with Gasteiger partial charge in [-0.1, -0.05) is 23.1 Å². The van der Waals surface area contributed by atoms with E-state index < -0.39 is 0 Å². The normalized spacial score (nSPS) is 11.2. The van der Waals surface area contributed by atoms with Crippen LogP contribution in [-0.2, 0) is 4.79 Å². The highest BCUT2D eigenvalue weighted by Gasteiger charge is 2.21. The third kappa shape index (κ3) is 5.07. The fourth-order valence-electron chi connectivity index (χ4n) is 2.71. The van der Waals surface area contributed by atoms with Crippen LogP contribution in [-0.4, -0.2) is 44.7 Å². The molecule has 1 N–H and O–H groups in total. The highest BCUT2D eigenvalue weighted by Crippen LogP contribution is 2.27. The van der Waals surface area contributed by atoms with Crippen LogP contribution in [0.2, 0.25) is 0 Å². The van der Waals surface area contributed by atoms with Gasteiger partial charge in [0.1, 0.15) is 11.5 Å². The van der Waals surface area contributed by atoms with Crippen molar-refractivity contribution in [2.75, 3.05) is 11.1 Å². The van der Waals surface area contributed by atoms with Crippen molar-refractivity contribution in [2.45, 2.75) is 58.0 Å². The van der Waals surface area contributed by atoms with E-state index in [9.17, 15) is 9.59 Å². The van der Waals surface area contributed by atoms with Crippen molar-refractivity contribution in [3.8, 4) is 0 Å². The van der Waals surface area contributed by atoms with Gasteiger partial charge in [-0.25, -0.2) is 0 Å². The van der Waals surface area contributed by atoms with Gasteiger partial charge >= 0.3 is 0 Å². The molecule has 26 heavy (non-hydrogen) atoms. The number of thioether (sulfide) groups is 1. The van der Waals surface area contributed by atoms with E-state index in [1.807, 2.05) is 32.6 Å². The number of nitrogens with zero attached hydrogens (tertiary/aromatic N) is 3. The summed E-state index contributed by atoms with van der Waals surface area (Å²) in [5, 5.41) is 11.1. The largest absolute Gasteiger partial charge is 0.466 e.